The summed E-state index contributed by atoms with van der Waals surface area (Å²) in [7, 11) is 1.95. The maximum atomic E-state index is 13.1. The highest BCUT2D eigenvalue weighted by molar-refractivity contribution is 5.81. The van der Waals surface area contributed by atoms with E-state index in [0.717, 1.165) is 44.4 Å². The molecule has 0 bridgehead atoms. The monoisotopic (exact) mass is 282 g/mol. The first-order valence-corrected chi connectivity index (χ1v) is 7.00. The molecule has 110 valence electrons. The number of halogens is 2. The molecule has 0 aromatic heterocycles. The summed E-state index contributed by atoms with van der Waals surface area (Å²) in [5.74, 6) is -1.80. The lowest BCUT2D eigenvalue weighted by Gasteiger charge is -2.24. The summed E-state index contributed by atoms with van der Waals surface area (Å²) in [5.41, 5.74) is 0.563. The molecule has 20 heavy (non-hydrogen) atoms. The standard InChI is InChI=1S/C15H20F2N2O/c1-19-8-4-2-3-5-14(19)15(20)18-10-11-6-7-12(16)13(17)9-11/h6-7,9,14H,2-5,8,10H2,1H3,(H,18,20)/t14-/m1/s1. The normalized spacial score (nSPS) is 20.4. The van der Waals surface area contributed by atoms with Crippen molar-refractivity contribution in [1.29, 1.82) is 0 Å². The Bertz CT molecular complexity index is 479. The van der Waals surface area contributed by atoms with E-state index in [9.17, 15) is 13.6 Å². The zero-order chi connectivity index (χ0) is 14.5. The van der Waals surface area contributed by atoms with Crippen molar-refractivity contribution in [3.05, 3.63) is 35.4 Å². The van der Waals surface area contributed by atoms with Gasteiger partial charge in [-0.05, 0) is 44.1 Å². The summed E-state index contributed by atoms with van der Waals surface area (Å²) in [6.45, 7) is 1.14. The Morgan fingerprint density at radius 1 is 1.30 bits per heavy atom. The lowest BCUT2D eigenvalue weighted by atomic mass is 10.1. The number of carbonyl (C=O) groups excluding carboxylic acids is 1. The van der Waals surface area contributed by atoms with Gasteiger partial charge in [0, 0.05) is 6.54 Å². The summed E-state index contributed by atoms with van der Waals surface area (Å²) >= 11 is 0. The van der Waals surface area contributed by atoms with Crippen molar-refractivity contribution in [2.75, 3.05) is 13.6 Å². The van der Waals surface area contributed by atoms with Crippen LogP contribution in [0.1, 0.15) is 31.2 Å². The molecule has 1 atom stereocenters. The highest BCUT2D eigenvalue weighted by Gasteiger charge is 2.24. The molecule has 0 spiro atoms. The van der Waals surface area contributed by atoms with Gasteiger partial charge < -0.3 is 5.32 Å². The number of likely N-dealkylation sites (tertiary alicyclic amines) is 1. The van der Waals surface area contributed by atoms with Crippen LogP contribution in [0.2, 0.25) is 0 Å². The molecule has 3 nitrogen and oxygen atoms in total. The van der Waals surface area contributed by atoms with E-state index in [2.05, 4.69) is 10.2 Å². The first kappa shape index (κ1) is 14.9. The maximum absolute atomic E-state index is 13.1. The second-order valence-corrected chi connectivity index (χ2v) is 5.31. The van der Waals surface area contributed by atoms with Crippen LogP contribution < -0.4 is 5.32 Å². The lowest BCUT2D eigenvalue weighted by molar-refractivity contribution is -0.126. The summed E-state index contributed by atoms with van der Waals surface area (Å²) in [6, 6.07) is 3.55. The number of nitrogens with zero attached hydrogens (tertiary/aromatic N) is 1. The molecule has 5 heteroatoms. The molecule has 1 aliphatic heterocycles. The largest absolute Gasteiger partial charge is 0.351 e. The number of nitrogens with one attached hydrogen (secondary N) is 1. The van der Waals surface area contributed by atoms with Gasteiger partial charge in [-0.3, -0.25) is 9.69 Å². The molecule has 2 rings (SSSR count). The minimum atomic E-state index is -0.886. The number of hydrogen-bond acceptors (Lipinski definition) is 2. The Labute approximate surface area is 118 Å². The lowest BCUT2D eigenvalue weighted by Crippen LogP contribution is -2.44. The van der Waals surface area contributed by atoms with Crippen molar-refractivity contribution in [2.24, 2.45) is 0 Å². The van der Waals surface area contributed by atoms with E-state index in [0.29, 0.717) is 5.56 Å². The van der Waals surface area contributed by atoms with E-state index in [4.69, 9.17) is 0 Å². The third-order valence-corrected chi connectivity index (χ3v) is 3.77. The van der Waals surface area contributed by atoms with Crippen LogP contribution in [-0.2, 0) is 11.3 Å². The SMILES string of the molecule is CN1CCCCC[C@@H]1C(=O)NCc1ccc(F)c(F)c1. The van der Waals surface area contributed by atoms with Gasteiger partial charge in [0.15, 0.2) is 11.6 Å². The van der Waals surface area contributed by atoms with Gasteiger partial charge in [-0.15, -0.1) is 0 Å². The maximum Gasteiger partial charge on any atom is 0.237 e. The molecule has 1 aliphatic rings. The third kappa shape index (κ3) is 3.76. The van der Waals surface area contributed by atoms with Crippen LogP contribution in [0.15, 0.2) is 18.2 Å². The van der Waals surface area contributed by atoms with E-state index in [1.54, 1.807) is 0 Å². The molecule has 0 unspecified atom stereocenters. The van der Waals surface area contributed by atoms with Crippen molar-refractivity contribution in [2.45, 2.75) is 38.3 Å². The molecular formula is C15H20F2N2O. The molecule has 1 saturated heterocycles. The van der Waals surface area contributed by atoms with Crippen LogP contribution in [0.5, 0.6) is 0 Å². The van der Waals surface area contributed by atoms with Gasteiger partial charge in [0.2, 0.25) is 5.91 Å². The molecule has 0 saturated carbocycles. The Balaban J connectivity index is 1.92. The van der Waals surface area contributed by atoms with Gasteiger partial charge in [0.1, 0.15) is 0 Å². The van der Waals surface area contributed by atoms with Gasteiger partial charge in [-0.25, -0.2) is 8.78 Å². The van der Waals surface area contributed by atoms with Gasteiger partial charge >= 0.3 is 0 Å². The van der Waals surface area contributed by atoms with Crippen molar-refractivity contribution in [3.8, 4) is 0 Å². The van der Waals surface area contributed by atoms with Crippen LogP contribution in [0.3, 0.4) is 0 Å². The Morgan fingerprint density at radius 3 is 2.85 bits per heavy atom. The van der Waals surface area contributed by atoms with Crippen molar-refractivity contribution < 1.29 is 13.6 Å². The molecule has 0 radical (unpaired) electrons. The Morgan fingerprint density at radius 2 is 2.10 bits per heavy atom. The number of rotatable bonds is 3. The minimum absolute atomic E-state index is 0.0425. The zero-order valence-corrected chi connectivity index (χ0v) is 11.7. The smallest absolute Gasteiger partial charge is 0.237 e. The van der Waals surface area contributed by atoms with Crippen LogP contribution in [0.4, 0.5) is 8.78 Å². The van der Waals surface area contributed by atoms with E-state index in [1.165, 1.54) is 6.07 Å². The fourth-order valence-electron chi connectivity index (χ4n) is 2.54. The summed E-state index contributed by atoms with van der Waals surface area (Å²) in [4.78, 5) is 14.2. The molecule has 1 N–H and O–H groups in total. The Hall–Kier alpha value is -1.49. The highest BCUT2D eigenvalue weighted by Crippen LogP contribution is 2.15. The minimum Gasteiger partial charge on any atom is -0.351 e. The predicted molar refractivity (Wildman–Crippen MR) is 73.1 cm³/mol. The Kier molecular flexibility index (Phi) is 5.06. The molecule has 0 aliphatic carbocycles. The zero-order valence-electron chi connectivity index (χ0n) is 11.7. The number of amides is 1. The number of benzene rings is 1. The first-order valence-electron chi connectivity index (χ1n) is 7.00. The van der Waals surface area contributed by atoms with Crippen molar-refractivity contribution >= 4 is 5.91 Å². The van der Waals surface area contributed by atoms with Gasteiger partial charge in [0.25, 0.3) is 0 Å². The van der Waals surface area contributed by atoms with Crippen LogP contribution >= 0.6 is 0 Å². The summed E-state index contributed by atoms with van der Waals surface area (Å²) < 4.78 is 25.9. The average Bonchev–Trinajstić information content (AvgIpc) is 2.64. The fourth-order valence-corrected chi connectivity index (χ4v) is 2.54. The van der Waals surface area contributed by atoms with E-state index < -0.39 is 11.6 Å². The third-order valence-electron chi connectivity index (χ3n) is 3.77. The van der Waals surface area contributed by atoms with Crippen LogP contribution in [0.25, 0.3) is 0 Å². The van der Waals surface area contributed by atoms with Crippen molar-refractivity contribution in [1.82, 2.24) is 10.2 Å². The van der Waals surface area contributed by atoms with Crippen LogP contribution in [0, 0.1) is 11.6 Å². The highest BCUT2D eigenvalue weighted by atomic mass is 19.2. The molecule has 1 aromatic rings. The predicted octanol–water partition coefficient (Wildman–Crippen LogP) is 2.46. The van der Waals surface area contributed by atoms with Crippen LogP contribution in [-0.4, -0.2) is 30.4 Å². The van der Waals surface area contributed by atoms with Gasteiger partial charge in [0.05, 0.1) is 6.04 Å². The first-order chi connectivity index (χ1) is 9.58. The topological polar surface area (TPSA) is 32.3 Å². The van der Waals surface area contributed by atoms with E-state index >= 15 is 0 Å². The van der Waals surface area contributed by atoms with E-state index in [-0.39, 0.29) is 18.5 Å². The molecule has 1 fully saturated rings. The second kappa shape index (κ2) is 6.79. The average molecular weight is 282 g/mol. The number of carbonyl (C=O) groups is 1. The second-order valence-electron chi connectivity index (χ2n) is 5.31. The van der Waals surface area contributed by atoms with E-state index in [1.807, 2.05) is 7.05 Å². The summed E-state index contributed by atoms with van der Waals surface area (Å²) in [5, 5.41) is 2.80. The number of likely N-dealkylation sites (N-methyl/N-ethyl adjacent to an activating group) is 1. The molecule has 1 heterocycles. The fraction of sp³-hybridized carbons (Fsp3) is 0.533. The van der Waals surface area contributed by atoms with Crippen molar-refractivity contribution in [3.63, 3.8) is 0 Å². The quantitative estimate of drug-likeness (QED) is 0.923. The molecule has 1 aromatic carbocycles. The molecular weight excluding hydrogens is 262 g/mol. The number of hydrogen-bond donors (Lipinski definition) is 1. The molecule has 1 amide bonds. The van der Waals surface area contributed by atoms with Gasteiger partial charge in [-0.1, -0.05) is 18.9 Å². The van der Waals surface area contributed by atoms with Gasteiger partial charge in [-0.2, -0.15) is 0 Å². The summed E-state index contributed by atoms with van der Waals surface area (Å²) in [6.07, 6.45) is 4.16.